The molecule has 1 heteroatoms. The van der Waals surface area contributed by atoms with Crippen molar-refractivity contribution in [2.75, 3.05) is 0 Å². The summed E-state index contributed by atoms with van der Waals surface area (Å²) in [4.78, 5) is 0. The molecule has 0 saturated carbocycles. The van der Waals surface area contributed by atoms with Crippen LogP contribution in [0.3, 0.4) is 0 Å². The summed E-state index contributed by atoms with van der Waals surface area (Å²) >= 11 is 1.89. The first-order chi connectivity index (χ1) is 13.3. The predicted molar refractivity (Wildman–Crippen MR) is 119 cm³/mol. The van der Waals surface area contributed by atoms with Gasteiger partial charge in [-0.15, -0.1) is 11.3 Å². The lowest BCUT2D eigenvalue weighted by Crippen LogP contribution is -1.95. The molecule has 0 aliphatic rings. The van der Waals surface area contributed by atoms with Crippen molar-refractivity contribution >= 4 is 31.5 Å². The minimum Gasteiger partial charge on any atom is -0.135 e. The SMILES string of the molecule is CC(c1ccc(-c2ccccc2)cc1)c1ccc2c(c1)sc1ccccc12. The van der Waals surface area contributed by atoms with E-state index in [1.54, 1.807) is 0 Å². The molecular weight excluding hydrogens is 344 g/mol. The summed E-state index contributed by atoms with van der Waals surface area (Å²) in [6.07, 6.45) is 0. The number of hydrogen-bond acceptors (Lipinski definition) is 1. The Bertz CT molecular complexity index is 1210. The third kappa shape index (κ3) is 2.94. The number of thiophene rings is 1. The third-order valence-corrected chi connectivity index (χ3v) is 6.55. The molecule has 0 aliphatic carbocycles. The fourth-order valence-electron chi connectivity index (χ4n) is 3.80. The topological polar surface area (TPSA) is 0 Å². The Kier molecular flexibility index (Phi) is 4.03. The maximum atomic E-state index is 2.37. The van der Waals surface area contributed by atoms with Crippen LogP contribution in [0.15, 0.2) is 97.1 Å². The highest BCUT2D eigenvalue weighted by Crippen LogP contribution is 2.36. The first-order valence-electron chi connectivity index (χ1n) is 9.36. The van der Waals surface area contributed by atoms with Crippen LogP contribution in [0.5, 0.6) is 0 Å². The van der Waals surface area contributed by atoms with Crippen molar-refractivity contribution in [3.63, 3.8) is 0 Å². The minimum atomic E-state index is 0.379. The zero-order valence-electron chi connectivity index (χ0n) is 15.2. The van der Waals surface area contributed by atoms with Crippen LogP contribution in [-0.2, 0) is 0 Å². The summed E-state index contributed by atoms with van der Waals surface area (Å²) in [7, 11) is 0. The molecule has 1 heterocycles. The number of fused-ring (bicyclic) bond motifs is 3. The van der Waals surface area contributed by atoms with Crippen molar-refractivity contribution in [3.05, 3.63) is 108 Å². The molecule has 0 bridgehead atoms. The van der Waals surface area contributed by atoms with E-state index in [4.69, 9.17) is 0 Å². The van der Waals surface area contributed by atoms with Gasteiger partial charge in [-0.2, -0.15) is 0 Å². The second-order valence-electron chi connectivity index (χ2n) is 7.06. The quantitative estimate of drug-likeness (QED) is 0.305. The Balaban J connectivity index is 1.49. The maximum Gasteiger partial charge on any atom is 0.0358 e. The van der Waals surface area contributed by atoms with E-state index in [2.05, 4.69) is 104 Å². The molecule has 1 unspecified atom stereocenters. The Morgan fingerprint density at radius 2 is 1.19 bits per heavy atom. The van der Waals surface area contributed by atoms with Crippen molar-refractivity contribution in [1.82, 2.24) is 0 Å². The summed E-state index contributed by atoms with van der Waals surface area (Å²) in [5, 5.41) is 2.73. The molecule has 0 saturated heterocycles. The van der Waals surface area contributed by atoms with Gasteiger partial charge in [0.05, 0.1) is 0 Å². The molecule has 0 radical (unpaired) electrons. The first-order valence-corrected chi connectivity index (χ1v) is 10.2. The molecular formula is C26H20S. The van der Waals surface area contributed by atoms with Crippen molar-refractivity contribution in [3.8, 4) is 11.1 Å². The van der Waals surface area contributed by atoms with Gasteiger partial charge in [0.2, 0.25) is 0 Å². The summed E-state index contributed by atoms with van der Waals surface area (Å²) < 4.78 is 2.74. The van der Waals surface area contributed by atoms with Gasteiger partial charge in [0.15, 0.2) is 0 Å². The van der Waals surface area contributed by atoms with Gasteiger partial charge in [-0.25, -0.2) is 0 Å². The van der Waals surface area contributed by atoms with Crippen LogP contribution in [0.25, 0.3) is 31.3 Å². The van der Waals surface area contributed by atoms with Gasteiger partial charge in [0.1, 0.15) is 0 Å². The van der Waals surface area contributed by atoms with Crippen LogP contribution in [0.4, 0.5) is 0 Å². The molecule has 0 N–H and O–H groups in total. The lowest BCUT2D eigenvalue weighted by Gasteiger charge is -2.13. The van der Waals surface area contributed by atoms with Crippen LogP contribution >= 0.6 is 11.3 Å². The Morgan fingerprint density at radius 1 is 0.556 bits per heavy atom. The van der Waals surface area contributed by atoms with E-state index < -0.39 is 0 Å². The lowest BCUT2D eigenvalue weighted by molar-refractivity contribution is 0.925. The van der Waals surface area contributed by atoms with Gasteiger partial charge in [0, 0.05) is 26.1 Å². The summed E-state index contributed by atoms with van der Waals surface area (Å²) in [6, 6.07) is 35.2. The van der Waals surface area contributed by atoms with E-state index in [-0.39, 0.29) is 0 Å². The number of benzene rings is 4. The zero-order chi connectivity index (χ0) is 18.2. The Morgan fingerprint density at radius 3 is 2.00 bits per heavy atom. The highest BCUT2D eigenvalue weighted by atomic mass is 32.1. The fourth-order valence-corrected chi connectivity index (χ4v) is 4.95. The van der Waals surface area contributed by atoms with Gasteiger partial charge >= 0.3 is 0 Å². The van der Waals surface area contributed by atoms with E-state index in [9.17, 15) is 0 Å². The highest BCUT2D eigenvalue weighted by molar-refractivity contribution is 7.25. The Labute approximate surface area is 163 Å². The maximum absolute atomic E-state index is 2.37. The molecule has 5 rings (SSSR count). The van der Waals surface area contributed by atoms with Crippen LogP contribution in [-0.4, -0.2) is 0 Å². The molecule has 0 spiro atoms. The normalized spacial score (nSPS) is 12.5. The van der Waals surface area contributed by atoms with Gasteiger partial charge in [-0.3, -0.25) is 0 Å². The molecule has 0 amide bonds. The average Bonchev–Trinajstić information content (AvgIpc) is 3.12. The van der Waals surface area contributed by atoms with Gasteiger partial charge in [0.25, 0.3) is 0 Å². The predicted octanol–water partition coefficient (Wildman–Crippen LogP) is 7.87. The molecule has 0 aliphatic heterocycles. The average molecular weight is 365 g/mol. The molecule has 0 nitrogen and oxygen atoms in total. The van der Waals surface area contributed by atoms with E-state index in [0.29, 0.717) is 5.92 Å². The lowest BCUT2D eigenvalue weighted by atomic mass is 9.91. The monoisotopic (exact) mass is 364 g/mol. The molecule has 1 aromatic heterocycles. The van der Waals surface area contributed by atoms with Crippen LogP contribution in [0, 0.1) is 0 Å². The van der Waals surface area contributed by atoms with Gasteiger partial charge < -0.3 is 0 Å². The van der Waals surface area contributed by atoms with Crippen molar-refractivity contribution < 1.29 is 0 Å². The smallest absolute Gasteiger partial charge is 0.0358 e. The molecule has 0 fully saturated rings. The molecule has 130 valence electrons. The molecule has 27 heavy (non-hydrogen) atoms. The molecule has 1 atom stereocenters. The van der Waals surface area contributed by atoms with E-state index in [1.807, 2.05) is 11.3 Å². The van der Waals surface area contributed by atoms with E-state index in [0.717, 1.165) is 0 Å². The first kappa shape index (κ1) is 16.3. The van der Waals surface area contributed by atoms with Crippen molar-refractivity contribution in [1.29, 1.82) is 0 Å². The second-order valence-corrected chi connectivity index (χ2v) is 8.15. The third-order valence-electron chi connectivity index (χ3n) is 5.42. The molecule has 4 aromatic carbocycles. The van der Waals surface area contributed by atoms with Gasteiger partial charge in [-0.05, 0) is 34.4 Å². The number of rotatable bonds is 3. The van der Waals surface area contributed by atoms with Crippen LogP contribution in [0.2, 0.25) is 0 Å². The highest BCUT2D eigenvalue weighted by Gasteiger charge is 2.11. The van der Waals surface area contributed by atoms with Crippen LogP contribution < -0.4 is 0 Å². The zero-order valence-corrected chi connectivity index (χ0v) is 16.0. The largest absolute Gasteiger partial charge is 0.135 e. The summed E-state index contributed by atoms with van der Waals surface area (Å²) in [6.45, 7) is 2.30. The molecule has 5 aromatic rings. The van der Waals surface area contributed by atoms with Gasteiger partial charge in [-0.1, -0.05) is 91.9 Å². The fraction of sp³-hybridized carbons (Fsp3) is 0.0769. The summed E-state index contributed by atoms with van der Waals surface area (Å²) in [5.74, 6) is 0.379. The van der Waals surface area contributed by atoms with E-state index in [1.165, 1.54) is 42.4 Å². The standard InChI is InChI=1S/C26H20S/c1-18(19-11-13-21(14-12-19)20-7-3-2-4-8-20)22-15-16-24-23-9-5-6-10-25(23)27-26(24)17-22/h2-18H,1H3. The van der Waals surface area contributed by atoms with Crippen LogP contribution in [0.1, 0.15) is 24.0 Å². The van der Waals surface area contributed by atoms with Crippen molar-refractivity contribution in [2.24, 2.45) is 0 Å². The summed E-state index contributed by atoms with van der Waals surface area (Å²) in [5.41, 5.74) is 5.27. The second kappa shape index (κ2) is 6.68. The van der Waals surface area contributed by atoms with Crippen molar-refractivity contribution in [2.45, 2.75) is 12.8 Å². The number of hydrogen-bond donors (Lipinski definition) is 0. The Hall–Kier alpha value is -2.90. The van der Waals surface area contributed by atoms with E-state index >= 15 is 0 Å². The minimum absolute atomic E-state index is 0.379.